The summed E-state index contributed by atoms with van der Waals surface area (Å²) in [4.78, 5) is 5.36. The van der Waals surface area contributed by atoms with Gasteiger partial charge in [-0.2, -0.15) is 4.98 Å². The van der Waals surface area contributed by atoms with Crippen LogP contribution in [-0.4, -0.2) is 10.1 Å². The number of nitrogen functional groups attached to an aromatic ring is 1. The number of thioether (sulfide) groups is 1. The summed E-state index contributed by atoms with van der Waals surface area (Å²) in [6, 6.07) is 15.1. The molecule has 0 saturated carbocycles. The smallest absolute Gasteiger partial charge is 0.259 e. The van der Waals surface area contributed by atoms with Crippen LogP contribution in [0.15, 0.2) is 57.9 Å². The van der Waals surface area contributed by atoms with Crippen LogP contribution in [0.3, 0.4) is 0 Å². The van der Waals surface area contributed by atoms with Crippen LogP contribution in [0.4, 0.5) is 5.69 Å². The van der Waals surface area contributed by atoms with Gasteiger partial charge in [-0.25, -0.2) is 0 Å². The minimum absolute atomic E-state index is 0.428. The van der Waals surface area contributed by atoms with E-state index in [1.165, 1.54) is 0 Å². The SMILES string of the molecule is Nc1ccccc1SCc1noc(-c2ccccc2Cl)n1. The highest BCUT2D eigenvalue weighted by atomic mass is 35.5. The van der Waals surface area contributed by atoms with Gasteiger partial charge in [0.15, 0.2) is 5.82 Å². The van der Waals surface area contributed by atoms with E-state index in [4.69, 9.17) is 21.9 Å². The molecule has 0 amide bonds. The summed E-state index contributed by atoms with van der Waals surface area (Å²) < 4.78 is 5.26. The average Bonchev–Trinajstić information content (AvgIpc) is 2.96. The second kappa shape index (κ2) is 6.20. The van der Waals surface area contributed by atoms with Crippen LogP contribution in [0, 0.1) is 0 Å². The van der Waals surface area contributed by atoms with Gasteiger partial charge in [0, 0.05) is 10.6 Å². The highest BCUT2D eigenvalue weighted by Gasteiger charge is 2.12. The Kier molecular flexibility index (Phi) is 4.13. The van der Waals surface area contributed by atoms with E-state index in [0.29, 0.717) is 22.5 Å². The van der Waals surface area contributed by atoms with E-state index in [2.05, 4.69) is 10.1 Å². The molecule has 2 aromatic carbocycles. The number of rotatable bonds is 4. The van der Waals surface area contributed by atoms with Crippen LogP contribution >= 0.6 is 23.4 Å². The summed E-state index contributed by atoms with van der Waals surface area (Å²) in [6.07, 6.45) is 0. The Labute approximate surface area is 131 Å². The lowest BCUT2D eigenvalue weighted by Crippen LogP contribution is -1.89. The molecule has 0 fully saturated rings. The summed E-state index contributed by atoms with van der Waals surface area (Å²) in [6.45, 7) is 0. The van der Waals surface area contributed by atoms with Crippen LogP contribution in [0.1, 0.15) is 5.82 Å². The summed E-state index contributed by atoms with van der Waals surface area (Å²) in [5.41, 5.74) is 7.38. The largest absolute Gasteiger partial charge is 0.398 e. The van der Waals surface area contributed by atoms with Gasteiger partial charge in [0.05, 0.1) is 16.3 Å². The van der Waals surface area contributed by atoms with Crippen molar-refractivity contribution in [3.8, 4) is 11.5 Å². The zero-order valence-electron chi connectivity index (χ0n) is 11.0. The quantitative estimate of drug-likeness (QED) is 0.575. The van der Waals surface area contributed by atoms with E-state index in [1.807, 2.05) is 42.5 Å². The Morgan fingerprint density at radius 1 is 1.10 bits per heavy atom. The van der Waals surface area contributed by atoms with E-state index < -0.39 is 0 Å². The van der Waals surface area contributed by atoms with Gasteiger partial charge in [0.1, 0.15) is 0 Å². The molecule has 106 valence electrons. The molecule has 21 heavy (non-hydrogen) atoms. The van der Waals surface area contributed by atoms with Crippen molar-refractivity contribution in [3.63, 3.8) is 0 Å². The summed E-state index contributed by atoms with van der Waals surface area (Å²) >= 11 is 7.68. The van der Waals surface area contributed by atoms with E-state index in [1.54, 1.807) is 17.8 Å². The normalized spacial score (nSPS) is 10.7. The van der Waals surface area contributed by atoms with Gasteiger partial charge >= 0.3 is 0 Å². The standard InChI is InChI=1S/C15H12ClN3OS/c16-11-6-2-1-5-10(11)15-18-14(19-20-15)9-21-13-8-4-3-7-12(13)17/h1-8H,9,17H2. The fourth-order valence-electron chi connectivity index (χ4n) is 1.81. The molecule has 0 aliphatic carbocycles. The Morgan fingerprint density at radius 2 is 1.86 bits per heavy atom. The molecule has 0 saturated heterocycles. The van der Waals surface area contributed by atoms with Gasteiger partial charge in [-0.05, 0) is 24.3 Å². The van der Waals surface area contributed by atoms with Crippen molar-refractivity contribution in [2.45, 2.75) is 10.6 Å². The van der Waals surface area contributed by atoms with Crippen LogP contribution in [0.2, 0.25) is 5.02 Å². The third-order valence-corrected chi connectivity index (χ3v) is 4.26. The molecule has 0 aliphatic heterocycles. The maximum Gasteiger partial charge on any atom is 0.259 e. The molecule has 6 heteroatoms. The van der Waals surface area contributed by atoms with Crippen molar-refractivity contribution >= 4 is 29.1 Å². The van der Waals surface area contributed by atoms with E-state index in [0.717, 1.165) is 16.1 Å². The van der Waals surface area contributed by atoms with E-state index in [9.17, 15) is 0 Å². The third kappa shape index (κ3) is 3.20. The lowest BCUT2D eigenvalue weighted by atomic mass is 10.2. The molecule has 3 rings (SSSR count). The first-order chi connectivity index (χ1) is 10.2. The van der Waals surface area contributed by atoms with Gasteiger partial charge in [-0.3, -0.25) is 0 Å². The minimum atomic E-state index is 0.428. The van der Waals surface area contributed by atoms with Crippen LogP contribution in [-0.2, 0) is 5.75 Å². The number of aromatic nitrogens is 2. The summed E-state index contributed by atoms with van der Waals surface area (Å²) in [7, 11) is 0. The number of hydrogen-bond acceptors (Lipinski definition) is 5. The minimum Gasteiger partial charge on any atom is -0.398 e. The molecule has 0 spiro atoms. The number of para-hydroxylation sites is 1. The second-order valence-corrected chi connectivity index (χ2v) is 5.75. The summed E-state index contributed by atoms with van der Waals surface area (Å²) in [5, 5.41) is 4.56. The molecule has 0 aliphatic rings. The van der Waals surface area contributed by atoms with E-state index >= 15 is 0 Å². The summed E-state index contributed by atoms with van der Waals surface area (Å²) in [5.74, 6) is 1.62. The highest BCUT2D eigenvalue weighted by Crippen LogP contribution is 2.29. The van der Waals surface area contributed by atoms with Crippen molar-refractivity contribution in [1.29, 1.82) is 0 Å². The molecular weight excluding hydrogens is 306 g/mol. The Bertz CT molecular complexity index is 760. The maximum absolute atomic E-state index is 6.11. The van der Waals surface area contributed by atoms with Crippen LogP contribution in [0.25, 0.3) is 11.5 Å². The zero-order valence-corrected chi connectivity index (χ0v) is 12.6. The van der Waals surface area contributed by atoms with E-state index in [-0.39, 0.29) is 0 Å². The third-order valence-electron chi connectivity index (χ3n) is 2.85. The molecule has 0 bridgehead atoms. The molecule has 0 atom stereocenters. The molecular formula is C15H12ClN3OS. The first-order valence-electron chi connectivity index (χ1n) is 6.29. The Hall–Kier alpha value is -1.98. The predicted octanol–water partition coefficient (Wildman–Crippen LogP) is 4.26. The predicted molar refractivity (Wildman–Crippen MR) is 85.2 cm³/mol. The van der Waals surface area contributed by atoms with Crippen LogP contribution < -0.4 is 5.73 Å². The lowest BCUT2D eigenvalue weighted by Gasteiger charge is -2.01. The fourth-order valence-corrected chi connectivity index (χ4v) is 2.84. The molecule has 2 N–H and O–H groups in total. The second-order valence-electron chi connectivity index (χ2n) is 4.32. The van der Waals surface area contributed by atoms with Crippen molar-refractivity contribution < 1.29 is 4.52 Å². The topological polar surface area (TPSA) is 64.9 Å². The van der Waals surface area contributed by atoms with Crippen LogP contribution in [0.5, 0.6) is 0 Å². The van der Waals surface area contributed by atoms with Gasteiger partial charge in [-0.15, -0.1) is 11.8 Å². The molecule has 1 aromatic heterocycles. The van der Waals surface area contributed by atoms with Gasteiger partial charge in [0.2, 0.25) is 0 Å². The zero-order chi connectivity index (χ0) is 14.7. The fraction of sp³-hybridized carbons (Fsp3) is 0.0667. The van der Waals surface area contributed by atoms with Crippen molar-refractivity contribution in [2.75, 3.05) is 5.73 Å². The number of hydrogen-bond donors (Lipinski definition) is 1. The maximum atomic E-state index is 6.11. The number of nitrogens with zero attached hydrogens (tertiary/aromatic N) is 2. The molecule has 3 aromatic rings. The molecule has 0 radical (unpaired) electrons. The Morgan fingerprint density at radius 3 is 2.67 bits per heavy atom. The number of anilines is 1. The Balaban J connectivity index is 1.74. The van der Waals surface area contributed by atoms with Gasteiger partial charge in [0.25, 0.3) is 5.89 Å². The number of nitrogens with two attached hydrogens (primary N) is 1. The highest BCUT2D eigenvalue weighted by molar-refractivity contribution is 7.98. The number of benzene rings is 2. The van der Waals surface area contributed by atoms with Crippen molar-refractivity contribution in [3.05, 3.63) is 59.4 Å². The lowest BCUT2D eigenvalue weighted by molar-refractivity contribution is 0.425. The monoisotopic (exact) mass is 317 g/mol. The first kappa shape index (κ1) is 14.0. The average molecular weight is 318 g/mol. The van der Waals surface area contributed by atoms with Crippen molar-refractivity contribution in [1.82, 2.24) is 10.1 Å². The number of halogens is 1. The first-order valence-corrected chi connectivity index (χ1v) is 7.65. The molecule has 1 heterocycles. The van der Waals surface area contributed by atoms with Gasteiger partial charge < -0.3 is 10.3 Å². The molecule has 0 unspecified atom stereocenters. The molecule has 4 nitrogen and oxygen atoms in total. The van der Waals surface area contributed by atoms with Gasteiger partial charge in [-0.1, -0.05) is 41.0 Å². The van der Waals surface area contributed by atoms with Crippen molar-refractivity contribution in [2.24, 2.45) is 0 Å².